The van der Waals surface area contributed by atoms with Crippen molar-refractivity contribution in [2.75, 3.05) is 31.1 Å². The van der Waals surface area contributed by atoms with Gasteiger partial charge in [-0.2, -0.15) is 5.10 Å². The Kier molecular flexibility index (Phi) is 4.53. The van der Waals surface area contributed by atoms with Crippen LogP contribution in [0.4, 0.5) is 5.95 Å². The van der Waals surface area contributed by atoms with Gasteiger partial charge in [0, 0.05) is 51.0 Å². The van der Waals surface area contributed by atoms with Crippen molar-refractivity contribution in [3.8, 4) is 0 Å². The molecule has 0 radical (unpaired) electrons. The second-order valence-corrected chi connectivity index (χ2v) is 6.51. The van der Waals surface area contributed by atoms with Crippen molar-refractivity contribution in [1.29, 1.82) is 0 Å². The molecule has 27 heavy (non-hydrogen) atoms. The Balaban J connectivity index is 1.49. The molecule has 0 atom stereocenters. The molecule has 0 spiro atoms. The van der Waals surface area contributed by atoms with Gasteiger partial charge in [0.25, 0.3) is 5.56 Å². The van der Waals surface area contributed by atoms with Crippen LogP contribution in [0.15, 0.2) is 47.5 Å². The molecule has 138 valence electrons. The minimum atomic E-state index is -0.154. The molecule has 0 bridgehead atoms. The monoisotopic (exact) mass is 364 g/mol. The van der Waals surface area contributed by atoms with Crippen LogP contribution in [-0.4, -0.2) is 56.7 Å². The highest BCUT2D eigenvalue weighted by Gasteiger charge is 2.23. The summed E-state index contributed by atoms with van der Waals surface area (Å²) < 4.78 is 1.30. The number of aryl methyl sites for hydroxylation is 1. The largest absolute Gasteiger partial charge is 0.339 e. The minimum absolute atomic E-state index is 0.0138. The average Bonchev–Trinajstić information content (AvgIpc) is 2.72. The summed E-state index contributed by atoms with van der Waals surface area (Å²) in [5, 5.41) is 5.65. The predicted molar refractivity (Wildman–Crippen MR) is 102 cm³/mol. The Bertz CT molecular complexity index is 1030. The highest BCUT2D eigenvalue weighted by Crippen LogP contribution is 2.16. The molecule has 0 N–H and O–H groups in total. The number of amides is 1. The maximum atomic E-state index is 12.8. The Hall–Kier alpha value is -3.29. The van der Waals surface area contributed by atoms with E-state index < -0.39 is 0 Å². The Morgan fingerprint density at radius 1 is 1.00 bits per heavy atom. The lowest BCUT2D eigenvalue weighted by Gasteiger charge is -2.34. The first-order chi connectivity index (χ1) is 13.1. The van der Waals surface area contributed by atoms with Crippen molar-refractivity contribution in [3.63, 3.8) is 0 Å². The summed E-state index contributed by atoms with van der Waals surface area (Å²) in [4.78, 5) is 37.5. The second-order valence-electron chi connectivity index (χ2n) is 6.51. The zero-order valence-electron chi connectivity index (χ0n) is 15.1. The summed E-state index contributed by atoms with van der Waals surface area (Å²) in [5.74, 6) is 0.704. The van der Waals surface area contributed by atoms with Crippen molar-refractivity contribution in [2.24, 2.45) is 7.05 Å². The normalized spacial score (nSPS) is 14.6. The number of piperazine rings is 1. The summed E-state index contributed by atoms with van der Waals surface area (Å²) in [7, 11) is 1.61. The number of anilines is 1. The molecular weight excluding hydrogens is 344 g/mol. The van der Waals surface area contributed by atoms with Gasteiger partial charge in [-0.3, -0.25) is 9.59 Å². The predicted octanol–water partition coefficient (Wildman–Crippen LogP) is 0.615. The van der Waals surface area contributed by atoms with Gasteiger partial charge in [0.15, 0.2) is 0 Å². The maximum Gasteiger partial charge on any atom is 0.274 e. The smallest absolute Gasteiger partial charge is 0.274 e. The molecule has 1 aliphatic heterocycles. The molecule has 0 saturated carbocycles. The topological polar surface area (TPSA) is 84.2 Å². The first kappa shape index (κ1) is 17.1. The van der Waals surface area contributed by atoms with Crippen molar-refractivity contribution in [1.82, 2.24) is 24.6 Å². The van der Waals surface area contributed by atoms with Gasteiger partial charge in [-0.15, -0.1) is 0 Å². The van der Waals surface area contributed by atoms with Crippen molar-refractivity contribution in [3.05, 3.63) is 58.8 Å². The summed E-state index contributed by atoms with van der Waals surface area (Å²) in [5.41, 5.74) is 0.477. The zero-order valence-corrected chi connectivity index (χ0v) is 15.1. The molecule has 1 aromatic carbocycles. The molecule has 1 fully saturated rings. The fraction of sp³-hybridized carbons (Fsp3) is 0.316. The molecule has 1 saturated heterocycles. The van der Waals surface area contributed by atoms with E-state index in [9.17, 15) is 9.59 Å². The van der Waals surface area contributed by atoms with E-state index >= 15 is 0 Å². The molecule has 3 aromatic rings. The number of fused-ring (bicyclic) bond motifs is 1. The van der Waals surface area contributed by atoms with Crippen LogP contribution in [0, 0.1) is 0 Å². The van der Waals surface area contributed by atoms with E-state index in [4.69, 9.17) is 0 Å². The summed E-state index contributed by atoms with van der Waals surface area (Å²) in [6, 6.07) is 9.08. The molecule has 3 heterocycles. The van der Waals surface area contributed by atoms with E-state index in [2.05, 4.69) is 20.0 Å². The quantitative estimate of drug-likeness (QED) is 0.677. The van der Waals surface area contributed by atoms with E-state index in [0.717, 1.165) is 5.39 Å². The number of hydrogen-bond donors (Lipinski definition) is 0. The summed E-state index contributed by atoms with van der Waals surface area (Å²) in [6.07, 6.45) is 3.61. The number of rotatable bonds is 3. The first-order valence-electron chi connectivity index (χ1n) is 8.88. The third-order valence-electron chi connectivity index (χ3n) is 4.82. The van der Waals surface area contributed by atoms with Crippen LogP contribution in [0.3, 0.4) is 0 Å². The molecule has 0 unspecified atom stereocenters. The maximum absolute atomic E-state index is 12.8. The molecule has 8 nitrogen and oxygen atoms in total. The summed E-state index contributed by atoms with van der Waals surface area (Å²) in [6.45, 7) is 2.61. The van der Waals surface area contributed by atoms with E-state index in [0.29, 0.717) is 43.2 Å². The van der Waals surface area contributed by atoms with Crippen LogP contribution in [0.2, 0.25) is 0 Å². The molecule has 8 heteroatoms. The van der Waals surface area contributed by atoms with Gasteiger partial charge in [-0.1, -0.05) is 18.2 Å². The van der Waals surface area contributed by atoms with Crippen LogP contribution in [0.5, 0.6) is 0 Å². The number of carbonyl (C=O) groups excluding carboxylic acids is 1. The van der Waals surface area contributed by atoms with Crippen molar-refractivity contribution >= 4 is 22.6 Å². The molecule has 4 rings (SSSR count). The third-order valence-corrected chi connectivity index (χ3v) is 4.82. The van der Waals surface area contributed by atoms with E-state index in [1.165, 1.54) is 4.68 Å². The summed E-state index contributed by atoms with van der Waals surface area (Å²) >= 11 is 0. The Morgan fingerprint density at radius 3 is 2.37 bits per heavy atom. The fourth-order valence-electron chi connectivity index (χ4n) is 3.37. The SMILES string of the molecule is Cn1nc(CC(=O)N2CCN(c3ncccn3)CC2)c2ccccc2c1=O. The number of hydrogen-bond acceptors (Lipinski definition) is 6. The highest BCUT2D eigenvalue weighted by atomic mass is 16.2. The van der Waals surface area contributed by atoms with Crippen LogP contribution >= 0.6 is 0 Å². The fourth-order valence-corrected chi connectivity index (χ4v) is 3.37. The van der Waals surface area contributed by atoms with Gasteiger partial charge in [0.05, 0.1) is 17.5 Å². The van der Waals surface area contributed by atoms with E-state index in [-0.39, 0.29) is 17.9 Å². The lowest BCUT2D eigenvalue weighted by Crippen LogP contribution is -2.49. The minimum Gasteiger partial charge on any atom is -0.339 e. The Morgan fingerprint density at radius 2 is 1.67 bits per heavy atom. The number of benzene rings is 1. The molecule has 0 aliphatic carbocycles. The highest BCUT2D eigenvalue weighted by molar-refractivity contribution is 5.88. The van der Waals surface area contributed by atoms with E-state index in [1.807, 2.05) is 23.1 Å². The van der Waals surface area contributed by atoms with Gasteiger partial charge in [-0.25, -0.2) is 14.6 Å². The van der Waals surface area contributed by atoms with Gasteiger partial charge >= 0.3 is 0 Å². The zero-order chi connectivity index (χ0) is 18.8. The van der Waals surface area contributed by atoms with Crippen molar-refractivity contribution in [2.45, 2.75) is 6.42 Å². The lowest BCUT2D eigenvalue weighted by molar-refractivity contribution is -0.130. The number of nitrogens with zero attached hydrogens (tertiary/aromatic N) is 6. The van der Waals surface area contributed by atoms with E-state index in [1.54, 1.807) is 31.6 Å². The number of aromatic nitrogens is 4. The van der Waals surface area contributed by atoms with Crippen LogP contribution in [0.25, 0.3) is 10.8 Å². The third kappa shape index (κ3) is 3.38. The lowest BCUT2D eigenvalue weighted by atomic mass is 10.1. The van der Waals surface area contributed by atoms with Gasteiger partial charge < -0.3 is 9.80 Å². The van der Waals surface area contributed by atoms with Crippen molar-refractivity contribution < 1.29 is 4.79 Å². The average molecular weight is 364 g/mol. The standard InChI is InChI=1S/C19H20N6O2/c1-23-18(27)15-6-3-2-5-14(15)16(22-23)13-17(26)24-9-11-25(12-10-24)19-20-7-4-8-21-19/h2-8H,9-13H2,1H3. The molecular formula is C19H20N6O2. The van der Waals surface area contributed by atoms with Crippen LogP contribution in [-0.2, 0) is 18.3 Å². The second kappa shape index (κ2) is 7.14. The van der Waals surface area contributed by atoms with Gasteiger partial charge in [0.1, 0.15) is 0 Å². The molecule has 1 amide bonds. The Labute approximate surface area is 156 Å². The first-order valence-corrected chi connectivity index (χ1v) is 8.88. The van der Waals surface area contributed by atoms with Crippen LogP contribution in [0.1, 0.15) is 5.69 Å². The van der Waals surface area contributed by atoms with Crippen LogP contribution < -0.4 is 10.5 Å². The molecule has 2 aromatic heterocycles. The molecule has 1 aliphatic rings. The van der Waals surface area contributed by atoms with Gasteiger partial charge in [-0.05, 0) is 12.1 Å². The number of carbonyl (C=O) groups is 1. The van der Waals surface area contributed by atoms with Gasteiger partial charge in [0.2, 0.25) is 11.9 Å².